The molecule has 0 aliphatic carbocycles. The normalized spacial score (nSPS) is 24.1. The van der Waals surface area contributed by atoms with E-state index in [1.54, 1.807) is 12.3 Å². The van der Waals surface area contributed by atoms with Crippen LogP contribution in [0.3, 0.4) is 0 Å². The number of rotatable bonds is 4. The van der Waals surface area contributed by atoms with Gasteiger partial charge >= 0.3 is 13.8 Å². The summed E-state index contributed by atoms with van der Waals surface area (Å²) in [6.45, 7) is 0.293. The Kier molecular flexibility index (Phi) is 4.38. The van der Waals surface area contributed by atoms with E-state index < -0.39 is 26.2 Å². The van der Waals surface area contributed by atoms with Crippen LogP contribution >= 0.6 is 7.82 Å². The maximum absolute atomic E-state index is 11.7. The quantitative estimate of drug-likeness (QED) is 0.554. The highest BCUT2D eigenvalue weighted by atomic mass is 31.2. The first-order valence-corrected chi connectivity index (χ1v) is 7.19. The van der Waals surface area contributed by atoms with E-state index in [9.17, 15) is 9.36 Å². The molecule has 2 rings (SSSR count). The first-order chi connectivity index (χ1) is 8.96. The molecule has 0 saturated carbocycles. The van der Waals surface area contributed by atoms with Crippen LogP contribution in [0.2, 0.25) is 0 Å². The van der Waals surface area contributed by atoms with Gasteiger partial charge in [-0.1, -0.05) is 0 Å². The number of hydrogen-bond acceptors (Lipinski definition) is 5. The van der Waals surface area contributed by atoms with E-state index >= 15 is 0 Å². The Morgan fingerprint density at radius 1 is 1.53 bits per heavy atom. The second kappa shape index (κ2) is 5.85. The number of aromatic amines is 1. The number of hydrogen-bond donors (Lipinski definition) is 3. The number of carbonyl (C=O) groups is 1. The van der Waals surface area contributed by atoms with E-state index in [1.165, 1.54) is 6.07 Å². The number of H-pyrrole nitrogens is 1. The molecule has 0 spiro atoms. The van der Waals surface area contributed by atoms with Crippen molar-refractivity contribution < 1.29 is 33.1 Å². The van der Waals surface area contributed by atoms with Gasteiger partial charge in [-0.15, -0.1) is 0 Å². The molecule has 1 aliphatic rings. The summed E-state index contributed by atoms with van der Waals surface area (Å²) in [4.78, 5) is 31.9. The molecule has 1 saturated heterocycles. The van der Waals surface area contributed by atoms with Crippen molar-refractivity contribution in [3.63, 3.8) is 0 Å². The van der Waals surface area contributed by atoms with Gasteiger partial charge in [0.1, 0.15) is 5.69 Å². The van der Waals surface area contributed by atoms with Crippen LogP contribution in [0.1, 0.15) is 23.3 Å². The van der Waals surface area contributed by atoms with E-state index in [0.29, 0.717) is 19.4 Å². The molecule has 1 fully saturated rings. The molecule has 2 atom stereocenters. The minimum atomic E-state index is -4.70. The molecule has 1 aromatic rings. The Bertz CT molecular complexity index is 468. The van der Waals surface area contributed by atoms with Crippen molar-refractivity contribution in [2.24, 2.45) is 0 Å². The number of ether oxygens (including phenoxy) is 2. The van der Waals surface area contributed by atoms with Gasteiger partial charge in [0.05, 0.1) is 6.61 Å². The number of phosphoric acid groups is 1. The van der Waals surface area contributed by atoms with Gasteiger partial charge in [-0.3, -0.25) is 4.52 Å². The van der Waals surface area contributed by atoms with Crippen LogP contribution in [0.5, 0.6) is 0 Å². The Labute approximate surface area is 108 Å². The third-order valence-corrected chi connectivity index (χ3v) is 3.02. The van der Waals surface area contributed by atoms with Gasteiger partial charge in [-0.25, -0.2) is 9.36 Å². The van der Waals surface area contributed by atoms with Crippen LogP contribution in [-0.2, 0) is 18.6 Å². The average molecular weight is 291 g/mol. The lowest BCUT2D eigenvalue weighted by Crippen LogP contribution is -2.39. The molecule has 0 bridgehead atoms. The van der Waals surface area contributed by atoms with E-state index in [4.69, 9.17) is 19.3 Å². The molecule has 8 nitrogen and oxygen atoms in total. The van der Waals surface area contributed by atoms with Crippen LogP contribution < -0.4 is 0 Å². The van der Waals surface area contributed by atoms with Gasteiger partial charge in [0.2, 0.25) is 6.29 Å². The van der Waals surface area contributed by atoms with Crippen molar-refractivity contribution in [1.82, 2.24) is 4.98 Å². The summed E-state index contributed by atoms with van der Waals surface area (Å²) >= 11 is 0. The van der Waals surface area contributed by atoms with Crippen LogP contribution in [-0.4, -0.2) is 39.7 Å². The van der Waals surface area contributed by atoms with E-state index in [2.05, 4.69) is 9.51 Å². The van der Waals surface area contributed by atoms with Crippen molar-refractivity contribution in [3.05, 3.63) is 24.0 Å². The molecule has 2 heterocycles. The molecule has 1 aromatic heterocycles. The molecule has 3 N–H and O–H groups in total. The topological polar surface area (TPSA) is 118 Å². The predicted octanol–water partition coefficient (Wildman–Crippen LogP) is 0.786. The van der Waals surface area contributed by atoms with Gasteiger partial charge in [-0.2, -0.15) is 0 Å². The third-order valence-electron chi connectivity index (χ3n) is 2.54. The van der Waals surface area contributed by atoms with Crippen LogP contribution in [0, 0.1) is 0 Å². The molecular formula is C10H14NO7P. The largest absolute Gasteiger partial charge is 0.472 e. The van der Waals surface area contributed by atoms with Gasteiger partial charge in [0.25, 0.3) is 0 Å². The fraction of sp³-hybridized carbons (Fsp3) is 0.500. The van der Waals surface area contributed by atoms with Gasteiger partial charge < -0.3 is 24.2 Å². The van der Waals surface area contributed by atoms with Crippen LogP contribution in [0.15, 0.2) is 18.3 Å². The molecule has 106 valence electrons. The van der Waals surface area contributed by atoms with E-state index in [-0.39, 0.29) is 5.69 Å². The van der Waals surface area contributed by atoms with Gasteiger partial charge in [-0.05, 0) is 25.0 Å². The Balaban J connectivity index is 2.00. The summed E-state index contributed by atoms with van der Waals surface area (Å²) < 4.78 is 25.5. The van der Waals surface area contributed by atoms with Gasteiger partial charge in [0, 0.05) is 6.20 Å². The molecule has 9 heteroatoms. The number of carbonyl (C=O) groups excluding carboxylic acids is 1. The summed E-state index contributed by atoms with van der Waals surface area (Å²) in [5, 5.41) is 0. The molecule has 2 unspecified atom stereocenters. The Morgan fingerprint density at radius 3 is 2.95 bits per heavy atom. The number of nitrogens with one attached hydrogen (secondary N) is 1. The lowest BCUT2D eigenvalue weighted by Gasteiger charge is -2.30. The second-order valence-electron chi connectivity index (χ2n) is 4.00. The zero-order valence-electron chi connectivity index (χ0n) is 9.89. The highest BCUT2D eigenvalue weighted by Crippen LogP contribution is 2.40. The molecule has 0 amide bonds. The van der Waals surface area contributed by atoms with E-state index in [0.717, 1.165) is 0 Å². The molecule has 1 aliphatic heterocycles. The summed E-state index contributed by atoms with van der Waals surface area (Å²) in [6.07, 6.45) is 0.490. The highest BCUT2D eigenvalue weighted by molar-refractivity contribution is 7.46. The van der Waals surface area contributed by atoms with Crippen LogP contribution in [0.4, 0.5) is 0 Å². The molecule has 0 radical (unpaired) electrons. The van der Waals surface area contributed by atoms with Crippen molar-refractivity contribution in [2.45, 2.75) is 25.2 Å². The lowest BCUT2D eigenvalue weighted by molar-refractivity contribution is -0.179. The molecule has 19 heavy (non-hydrogen) atoms. The summed E-state index contributed by atoms with van der Waals surface area (Å²) in [7, 11) is -4.70. The minimum absolute atomic E-state index is 0.250. The lowest BCUT2D eigenvalue weighted by atomic mass is 10.1. The predicted molar refractivity (Wildman–Crippen MR) is 62.1 cm³/mol. The maximum atomic E-state index is 11.7. The van der Waals surface area contributed by atoms with Crippen molar-refractivity contribution >= 4 is 13.8 Å². The second-order valence-corrected chi connectivity index (χ2v) is 5.20. The average Bonchev–Trinajstić information content (AvgIpc) is 2.83. The first kappa shape index (κ1) is 14.2. The zero-order valence-corrected chi connectivity index (χ0v) is 10.8. The fourth-order valence-electron chi connectivity index (χ4n) is 1.73. The zero-order chi connectivity index (χ0) is 13.9. The Hall–Kier alpha value is -1.18. The van der Waals surface area contributed by atoms with Crippen molar-refractivity contribution in [3.8, 4) is 0 Å². The van der Waals surface area contributed by atoms with Crippen molar-refractivity contribution in [2.75, 3.05) is 6.61 Å². The van der Waals surface area contributed by atoms with E-state index in [1.807, 2.05) is 0 Å². The summed E-state index contributed by atoms with van der Waals surface area (Å²) in [5.41, 5.74) is 0.250. The number of aromatic nitrogens is 1. The third kappa shape index (κ3) is 4.15. The smallest absolute Gasteiger partial charge is 0.452 e. The highest BCUT2D eigenvalue weighted by Gasteiger charge is 2.35. The minimum Gasteiger partial charge on any atom is -0.452 e. The SMILES string of the molecule is O=C(OC1CCCOC1OP(=O)(O)O)c1ccc[nH]1. The molecular weight excluding hydrogens is 277 g/mol. The number of phosphoric ester groups is 1. The fourth-order valence-corrected chi connectivity index (χ4v) is 2.20. The summed E-state index contributed by atoms with van der Waals surface area (Å²) in [6, 6.07) is 3.17. The molecule has 0 aromatic carbocycles. The maximum Gasteiger partial charge on any atom is 0.472 e. The standard InChI is InChI=1S/C10H14NO7P/c12-9(7-3-1-5-11-7)17-8-4-2-6-16-10(8)18-19(13,14)15/h1,3,5,8,10-11H,2,4,6H2,(H2,13,14,15). The van der Waals surface area contributed by atoms with Crippen molar-refractivity contribution in [1.29, 1.82) is 0 Å². The van der Waals surface area contributed by atoms with Gasteiger partial charge in [0.15, 0.2) is 6.10 Å². The number of esters is 1. The Morgan fingerprint density at radius 2 is 2.32 bits per heavy atom. The monoisotopic (exact) mass is 291 g/mol. The first-order valence-electron chi connectivity index (χ1n) is 5.65. The van der Waals surface area contributed by atoms with Crippen LogP contribution in [0.25, 0.3) is 0 Å². The summed E-state index contributed by atoms with van der Waals surface area (Å²) in [5.74, 6) is -0.625.